The molecule has 1 saturated heterocycles. The summed E-state index contributed by atoms with van der Waals surface area (Å²) in [6.07, 6.45) is -7.61. The molecule has 140 valence electrons. The van der Waals surface area contributed by atoms with Crippen LogP contribution in [-0.2, 0) is 28.2 Å². The Balaban J connectivity index is 2.95. The normalized spacial score (nSPS) is 32.2. The first-order valence-corrected chi connectivity index (χ1v) is 8.32. The highest BCUT2D eigenvalue weighted by Gasteiger charge is 2.47. The predicted molar refractivity (Wildman–Crippen MR) is 74.5 cm³/mol. The molecule has 0 aromatic carbocycles. The third-order valence-corrected chi connectivity index (χ3v) is 3.66. The lowest BCUT2D eigenvalue weighted by molar-refractivity contribution is -0.266. The van der Waals surface area contributed by atoms with Crippen LogP contribution in [0.4, 0.5) is 0 Å². The summed E-state index contributed by atoms with van der Waals surface area (Å²) in [5, 5.41) is 31.3. The predicted octanol–water partition coefficient (Wildman–Crippen LogP) is -2.46. The van der Waals surface area contributed by atoms with Crippen molar-refractivity contribution < 1.29 is 53.3 Å². The topological polar surface area (TPSA) is 192 Å². The Labute approximate surface area is 136 Å². The van der Waals surface area contributed by atoms with E-state index in [0.29, 0.717) is 0 Å². The number of carbonyl (C=O) groups is 2. The summed E-state index contributed by atoms with van der Waals surface area (Å²) in [6, 6.07) is -1.30. The number of carbonyl (C=O) groups excluding carboxylic acids is 1. The highest BCUT2D eigenvalue weighted by Crippen LogP contribution is 2.37. The second kappa shape index (κ2) is 8.32. The first-order chi connectivity index (χ1) is 10.9. The summed E-state index contributed by atoms with van der Waals surface area (Å²) in [5.74, 6) is -1.95. The van der Waals surface area contributed by atoms with Crippen molar-refractivity contribution in [3.8, 4) is 0 Å². The number of rotatable bonds is 7. The molecule has 1 fully saturated rings. The molecule has 1 amide bonds. The van der Waals surface area contributed by atoms with Crippen molar-refractivity contribution in [1.82, 2.24) is 5.32 Å². The van der Waals surface area contributed by atoms with Crippen LogP contribution in [0.25, 0.3) is 0 Å². The molecular formula is C11H20NO11P. The fourth-order valence-corrected chi connectivity index (χ4v) is 2.43. The van der Waals surface area contributed by atoms with Gasteiger partial charge in [0.2, 0.25) is 5.91 Å². The minimum Gasteiger partial charge on any atom is -0.479 e. The lowest BCUT2D eigenvalue weighted by atomic mass is 9.96. The molecule has 1 aliphatic rings. The molecule has 0 spiro atoms. The maximum atomic E-state index is 11.2. The van der Waals surface area contributed by atoms with Gasteiger partial charge in [0.15, 0.2) is 12.4 Å². The van der Waals surface area contributed by atoms with Crippen molar-refractivity contribution in [2.24, 2.45) is 0 Å². The van der Waals surface area contributed by atoms with Crippen molar-refractivity contribution in [3.63, 3.8) is 0 Å². The number of phosphoric ester groups is 1. The Morgan fingerprint density at radius 1 is 1.33 bits per heavy atom. The summed E-state index contributed by atoms with van der Waals surface area (Å²) in [6.45, 7) is 1.50. The molecular weight excluding hydrogens is 353 g/mol. The van der Waals surface area contributed by atoms with Crippen LogP contribution in [0.3, 0.4) is 0 Å². The highest BCUT2D eigenvalue weighted by molar-refractivity contribution is 7.46. The number of hydrogen-bond donors (Lipinski definition) is 6. The summed E-state index contributed by atoms with van der Waals surface area (Å²) in [5.41, 5.74) is 0. The average Bonchev–Trinajstić information content (AvgIpc) is 2.43. The zero-order chi connectivity index (χ0) is 18.7. The van der Waals surface area contributed by atoms with Crippen molar-refractivity contribution in [3.05, 3.63) is 0 Å². The summed E-state index contributed by atoms with van der Waals surface area (Å²) < 4.78 is 25.1. The number of ether oxygens (including phenoxy) is 2. The molecule has 1 rings (SSSR count). The smallest absolute Gasteiger partial charge is 0.469 e. The number of carboxylic acid groups (broad SMARTS) is 1. The van der Waals surface area contributed by atoms with Crippen LogP contribution in [0.15, 0.2) is 0 Å². The lowest BCUT2D eigenvalue weighted by Gasteiger charge is -2.43. The number of phosphoric acid groups is 1. The number of nitrogens with one attached hydrogen (secondary N) is 1. The Morgan fingerprint density at radius 3 is 2.38 bits per heavy atom. The van der Waals surface area contributed by atoms with Crippen LogP contribution in [0, 0.1) is 0 Å². The van der Waals surface area contributed by atoms with E-state index in [2.05, 4.69) is 9.84 Å². The molecule has 1 aliphatic heterocycles. The van der Waals surface area contributed by atoms with E-state index in [1.165, 1.54) is 6.92 Å². The zero-order valence-corrected chi connectivity index (χ0v) is 13.7. The molecule has 1 unspecified atom stereocenters. The van der Waals surface area contributed by atoms with Gasteiger partial charge in [0.25, 0.3) is 0 Å². The second-order valence-corrected chi connectivity index (χ2v) is 6.39. The SMILES string of the molecule is CC(=O)N[C@@H]1[C@@H](OC(C)C(=O)O)[C@H](O)[C@@H](COP(=O)(O)O)O[C@@H]1O. The van der Waals surface area contributed by atoms with Crippen LogP contribution in [0.1, 0.15) is 13.8 Å². The molecule has 0 radical (unpaired) electrons. The van der Waals surface area contributed by atoms with Gasteiger partial charge in [-0.25, -0.2) is 9.36 Å². The molecule has 0 saturated carbocycles. The monoisotopic (exact) mass is 373 g/mol. The average molecular weight is 373 g/mol. The third-order valence-electron chi connectivity index (χ3n) is 3.18. The van der Waals surface area contributed by atoms with Gasteiger partial charge in [-0.15, -0.1) is 0 Å². The molecule has 24 heavy (non-hydrogen) atoms. The van der Waals surface area contributed by atoms with Crippen LogP contribution < -0.4 is 5.32 Å². The minimum absolute atomic E-state index is 0.601. The Hall–Kier alpha value is -1.11. The van der Waals surface area contributed by atoms with Crippen molar-refractivity contribution in [1.29, 1.82) is 0 Å². The van der Waals surface area contributed by atoms with E-state index >= 15 is 0 Å². The van der Waals surface area contributed by atoms with Gasteiger partial charge < -0.3 is 39.9 Å². The minimum atomic E-state index is -4.86. The van der Waals surface area contributed by atoms with Crippen molar-refractivity contribution in [2.45, 2.75) is 50.6 Å². The van der Waals surface area contributed by atoms with E-state index < -0.39 is 63.1 Å². The molecule has 13 heteroatoms. The van der Waals surface area contributed by atoms with Crippen molar-refractivity contribution in [2.75, 3.05) is 6.61 Å². The van der Waals surface area contributed by atoms with Crippen molar-refractivity contribution >= 4 is 19.7 Å². The van der Waals surface area contributed by atoms with Gasteiger partial charge in [-0.3, -0.25) is 9.32 Å². The Morgan fingerprint density at radius 2 is 1.92 bits per heavy atom. The first-order valence-electron chi connectivity index (χ1n) is 6.79. The molecule has 0 bridgehead atoms. The zero-order valence-electron chi connectivity index (χ0n) is 12.8. The van der Waals surface area contributed by atoms with Gasteiger partial charge in [-0.05, 0) is 6.92 Å². The fourth-order valence-electron chi connectivity index (χ4n) is 2.09. The molecule has 1 heterocycles. The van der Waals surface area contributed by atoms with Gasteiger partial charge in [0, 0.05) is 6.92 Å². The standard InChI is InChI=1S/C11H20NO11P/c1-4(10(15)16)22-9-7(12-5(2)13)11(17)23-6(8(9)14)3-21-24(18,19)20/h4,6-9,11,14,17H,3H2,1-2H3,(H,12,13)(H,15,16)(H2,18,19,20)/t4?,6-,7-,8-,9-,11+/m1/s1. The number of carboxylic acids is 1. The van der Waals surface area contributed by atoms with Gasteiger partial charge in [-0.1, -0.05) is 0 Å². The summed E-state index contributed by atoms with van der Waals surface area (Å²) >= 11 is 0. The van der Waals surface area contributed by atoms with E-state index in [1.807, 2.05) is 0 Å². The van der Waals surface area contributed by atoms with E-state index in [0.717, 1.165) is 6.92 Å². The van der Waals surface area contributed by atoms with Crippen LogP contribution in [-0.4, -0.2) is 80.3 Å². The number of amides is 1. The second-order valence-electron chi connectivity index (χ2n) is 5.15. The highest BCUT2D eigenvalue weighted by atomic mass is 31.2. The van der Waals surface area contributed by atoms with Crippen LogP contribution in [0.5, 0.6) is 0 Å². The number of aliphatic hydroxyl groups excluding tert-OH is 2. The van der Waals surface area contributed by atoms with Gasteiger partial charge in [-0.2, -0.15) is 0 Å². The lowest BCUT2D eigenvalue weighted by Crippen LogP contribution is -2.65. The maximum Gasteiger partial charge on any atom is 0.469 e. The maximum absolute atomic E-state index is 11.2. The third kappa shape index (κ3) is 6.07. The van der Waals surface area contributed by atoms with Crippen LogP contribution in [0.2, 0.25) is 0 Å². The molecule has 0 aliphatic carbocycles. The largest absolute Gasteiger partial charge is 0.479 e. The van der Waals surface area contributed by atoms with Gasteiger partial charge in [0.05, 0.1) is 6.61 Å². The molecule has 12 nitrogen and oxygen atoms in total. The van der Waals surface area contributed by atoms with E-state index in [-0.39, 0.29) is 0 Å². The van der Waals surface area contributed by atoms with Gasteiger partial charge >= 0.3 is 13.8 Å². The van der Waals surface area contributed by atoms with E-state index in [1.54, 1.807) is 0 Å². The number of hydrogen-bond acceptors (Lipinski definition) is 8. The van der Waals surface area contributed by atoms with E-state index in [9.17, 15) is 24.4 Å². The van der Waals surface area contributed by atoms with Crippen LogP contribution >= 0.6 is 7.82 Å². The molecule has 0 aromatic rings. The fraction of sp³-hybridized carbons (Fsp3) is 0.818. The first kappa shape index (κ1) is 20.9. The Kier molecular flexibility index (Phi) is 7.25. The Bertz CT molecular complexity index is 508. The quantitative estimate of drug-likeness (QED) is 0.259. The number of aliphatic hydroxyl groups is 2. The van der Waals surface area contributed by atoms with Gasteiger partial charge in [0.1, 0.15) is 24.4 Å². The molecule has 0 aromatic heterocycles. The summed E-state index contributed by atoms with van der Waals surface area (Å²) in [4.78, 5) is 39.5. The number of aliphatic carboxylic acids is 1. The van der Waals surface area contributed by atoms with E-state index in [4.69, 9.17) is 24.4 Å². The summed E-state index contributed by atoms with van der Waals surface area (Å²) in [7, 11) is -4.86. The molecule has 6 atom stereocenters. The molecule has 6 N–H and O–H groups in total.